The highest BCUT2D eigenvalue weighted by atomic mass is 16.5. The van der Waals surface area contributed by atoms with Crippen molar-refractivity contribution in [2.75, 3.05) is 26.7 Å². The molecule has 2 bridgehead atoms. The first-order chi connectivity index (χ1) is 11.7. The minimum atomic E-state index is 0.192. The lowest BCUT2D eigenvalue weighted by Crippen LogP contribution is -2.68. The van der Waals surface area contributed by atoms with Crippen molar-refractivity contribution in [3.63, 3.8) is 0 Å². The summed E-state index contributed by atoms with van der Waals surface area (Å²) < 4.78 is 6.69. The zero-order valence-electron chi connectivity index (χ0n) is 14.7. The highest BCUT2D eigenvalue weighted by Crippen LogP contribution is 2.62. The molecule has 2 aliphatic heterocycles. The molecule has 1 spiro atoms. The van der Waals surface area contributed by atoms with E-state index in [0.717, 1.165) is 6.42 Å². The fraction of sp³-hybridized carbons (Fsp3) is 0.700. The Morgan fingerprint density at radius 2 is 2.25 bits per heavy atom. The molecule has 1 aromatic rings. The molecular formula is C20H28N2O2. The molecule has 2 fully saturated rings. The van der Waals surface area contributed by atoms with Crippen molar-refractivity contribution in [2.24, 2.45) is 5.92 Å². The van der Waals surface area contributed by atoms with E-state index in [1.807, 2.05) is 0 Å². The van der Waals surface area contributed by atoms with E-state index >= 15 is 0 Å². The molecule has 5 rings (SSSR count). The molecule has 0 aromatic heterocycles. The molecule has 1 aromatic carbocycles. The van der Waals surface area contributed by atoms with Gasteiger partial charge >= 0.3 is 0 Å². The van der Waals surface area contributed by atoms with Crippen LogP contribution in [0, 0.1) is 12.8 Å². The molecular weight excluding hydrogens is 300 g/mol. The fourth-order valence-corrected chi connectivity index (χ4v) is 6.35. The van der Waals surface area contributed by atoms with Gasteiger partial charge in [-0.05, 0) is 63.2 Å². The first-order valence-electron chi connectivity index (χ1n) is 9.51. The van der Waals surface area contributed by atoms with Crippen molar-refractivity contribution in [2.45, 2.75) is 56.2 Å². The summed E-state index contributed by atoms with van der Waals surface area (Å²) in [6, 6.07) is 5.61. The van der Waals surface area contributed by atoms with E-state index < -0.39 is 0 Å². The normalized spacial score (nSPS) is 39.5. The highest BCUT2D eigenvalue weighted by molar-refractivity contribution is 5.58. The molecule has 5 atom stereocenters. The Labute approximate surface area is 144 Å². The van der Waals surface area contributed by atoms with Gasteiger partial charge in [-0.3, -0.25) is 0 Å². The third-order valence-corrected chi connectivity index (χ3v) is 7.33. The molecule has 1 saturated heterocycles. The number of nitrogens with one attached hydrogen (secondary N) is 1. The van der Waals surface area contributed by atoms with Gasteiger partial charge in [-0.15, -0.1) is 0 Å². The van der Waals surface area contributed by atoms with E-state index in [4.69, 9.17) is 4.74 Å². The van der Waals surface area contributed by atoms with Crippen LogP contribution in [0.15, 0.2) is 12.1 Å². The van der Waals surface area contributed by atoms with Gasteiger partial charge in [0.1, 0.15) is 11.9 Å². The summed E-state index contributed by atoms with van der Waals surface area (Å²) in [6.45, 7) is 4.22. The van der Waals surface area contributed by atoms with Crippen molar-refractivity contribution in [1.82, 2.24) is 10.2 Å². The monoisotopic (exact) mass is 328 g/mol. The van der Waals surface area contributed by atoms with Gasteiger partial charge in [0.05, 0.1) is 6.61 Å². The number of benzene rings is 1. The maximum atomic E-state index is 9.26. The number of aliphatic hydroxyl groups excluding tert-OH is 1. The number of hydrogen-bond acceptors (Lipinski definition) is 4. The Kier molecular flexibility index (Phi) is 3.29. The lowest BCUT2D eigenvalue weighted by molar-refractivity contribution is -0.0574. The van der Waals surface area contributed by atoms with Crippen LogP contribution in [-0.4, -0.2) is 54.9 Å². The molecule has 4 nitrogen and oxygen atoms in total. The lowest BCUT2D eigenvalue weighted by Gasteiger charge is -2.59. The minimum Gasteiger partial charge on any atom is -0.487 e. The zero-order chi connectivity index (χ0) is 16.5. The second kappa shape index (κ2) is 5.20. The highest BCUT2D eigenvalue weighted by Gasteiger charge is 2.64. The van der Waals surface area contributed by atoms with Gasteiger partial charge in [-0.2, -0.15) is 0 Å². The van der Waals surface area contributed by atoms with Crippen molar-refractivity contribution in [3.8, 4) is 5.75 Å². The number of nitrogens with zero attached hydrogens (tertiary/aromatic N) is 1. The summed E-state index contributed by atoms with van der Waals surface area (Å²) in [5.74, 6) is 1.90. The maximum Gasteiger partial charge on any atom is 0.126 e. The molecule has 2 heterocycles. The summed E-state index contributed by atoms with van der Waals surface area (Å²) >= 11 is 0. The molecule has 3 unspecified atom stereocenters. The lowest BCUT2D eigenvalue weighted by atomic mass is 9.51. The average molecular weight is 328 g/mol. The number of likely N-dealkylation sites (N-methyl/N-ethyl adjacent to an activating group) is 1. The standard InChI is InChI=1S/C20H28N2O2/c1-12-3-4-13-11-16-14-5-6-15(21-8-10-23)19-20(14,7-9-22(16)2)17(13)18(12)24-19/h3-4,14-16,19,21,23H,5-11H2,1-2H3/t14-,15?,16+,19?,20?/m1/s1. The van der Waals surface area contributed by atoms with Crippen molar-refractivity contribution >= 4 is 0 Å². The topological polar surface area (TPSA) is 44.7 Å². The predicted molar refractivity (Wildman–Crippen MR) is 93.6 cm³/mol. The molecule has 1 saturated carbocycles. The summed E-state index contributed by atoms with van der Waals surface area (Å²) in [5, 5.41) is 12.8. The second-order valence-corrected chi connectivity index (χ2v) is 8.29. The number of hydrogen-bond donors (Lipinski definition) is 2. The number of aryl methyl sites for hydroxylation is 1. The van der Waals surface area contributed by atoms with Gasteiger partial charge in [0.2, 0.25) is 0 Å². The number of piperidine rings is 1. The van der Waals surface area contributed by atoms with E-state index in [-0.39, 0.29) is 18.1 Å². The van der Waals surface area contributed by atoms with Gasteiger partial charge in [0, 0.05) is 29.6 Å². The molecule has 0 amide bonds. The molecule has 2 aliphatic carbocycles. The number of rotatable bonds is 3. The third-order valence-electron chi connectivity index (χ3n) is 7.33. The van der Waals surface area contributed by atoms with E-state index in [2.05, 4.69) is 36.3 Å². The molecule has 24 heavy (non-hydrogen) atoms. The van der Waals surface area contributed by atoms with Crippen molar-refractivity contribution < 1.29 is 9.84 Å². The SMILES string of the molecule is Cc1ccc2c3c1OC1C(NCCO)CC[C@@H]4[C@H](C2)N(C)CCC314. The molecule has 0 radical (unpaired) electrons. The Morgan fingerprint density at radius 3 is 3.08 bits per heavy atom. The summed E-state index contributed by atoms with van der Waals surface area (Å²) in [5.41, 5.74) is 4.55. The van der Waals surface area contributed by atoms with E-state index in [9.17, 15) is 5.11 Å². The number of ether oxygens (including phenoxy) is 1. The van der Waals surface area contributed by atoms with Crippen LogP contribution in [0.1, 0.15) is 36.0 Å². The van der Waals surface area contributed by atoms with Crippen LogP contribution in [0.3, 0.4) is 0 Å². The Bertz CT molecular complexity index is 676. The Hall–Kier alpha value is -1.10. The van der Waals surface area contributed by atoms with Gasteiger partial charge in [0.25, 0.3) is 0 Å². The van der Waals surface area contributed by atoms with Crippen LogP contribution >= 0.6 is 0 Å². The van der Waals surface area contributed by atoms with Crippen LogP contribution in [-0.2, 0) is 11.8 Å². The van der Waals surface area contributed by atoms with Gasteiger partial charge in [0.15, 0.2) is 0 Å². The van der Waals surface area contributed by atoms with Crippen molar-refractivity contribution in [3.05, 3.63) is 28.8 Å². The minimum absolute atomic E-state index is 0.192. The first-order valence-corrected chi connectivity index (χ1v) is 9.51. The quantitative estimate of drug-likeness (QED) is 0.885. The van der Waals surface area contributed by atoms with Crippen LogP contribution in [0.4, 0.5) is 0 Å². The van der Waals surface area contributed by atoms with Crippen LogP contribution < -0.4 is 10.1 Å². The van der Waals surface area contributed by atoms with Crippen molar-refractivity contribution in [1.29, 1.82) is 0 Å². The van der Waals surface area contributed by atoms with Crippen LogP contribution in [0.25, 0.3) is 0 Å². The van der Waals surface area contributed by atoms with Gasteiger partial charge in [-0.25, -0.2) is 0 Å². The molecule has 130 valence electrons. The second-order valence-electron chi connectivity index (χ2n) is 8.29. The predicted octanol–water partition coefficient (Wildman–Crippen LogP) is 1.61. The maximum absolute atomic E-state index is 9.26. The summed E-state index contributed by atoms with van der Waals surface area (Å²) in [7, 11) is 2.30. The summed E-state index contributed by atoms with van der Waals surface area (Å²) in [4.78, 5) is 2.59. The average Bonchev–Trinajstić information content (AvgIpc) is 2.94. The number of likely N-dealkylation sites (tertiary alicyclic amines) is 1. The molecule has 2 N–H and O–H groups in total. The van der Waals surface area contributed by atoms with E-state index in [1.165, 1.54) is 42.7 Å². The largest absolute Gasteiger partial charge is 0.487 e. The Balaban J connectivity index is 1.67. The molecule has 4 aliphatic rings. The zero-order valence-corrected chi connectivity index (χ0v) is 14.7. The third kappa shape index (κ3) is 1.74. The van der Waals surface area contributed by atoms with Gasteiger partial charge in [-0.1, -0.05) is 12.1 Å². The smallest absolute Gasteiger partial charge is 0.126 e. The van der Waals surface area contributed by atoms with Crippen LogP contribution in [0.5, 0.6) is 5.75 Å². The number of aliphatic hydroxyl groups is 1. The van der Waals surface area contributed by atoms with E-state index in [0.29, 0.717) is 24.5 Å². The van der Waals surface area contributed by atoms with E-state index in [1.54, 1.807) is 5.56 Å². The Morgan fingerprint density at radius 1 is 1.38 bits per heavy atom. The fourth-order valence-electron chi connectivity index (χ4n) is 6.35. The first kappa shape index (κ1) is 15.2. The molecule has 4 heteroatoms. The van der Waals surface area contributed by atoms with Gasteiger partial charge < -0.3 is 20.1 Å². The summed E-state index contributed by atoms with van der Waals surface area (Å²) in [6.07, 6.45) is 5.04. The van der Waals surface area contributed by atoms with Crippen LogP contribution in [0.2, 0.25) is 0 Å².